The van der Waals surface area contributed by atoms with Gasteiger partial charge in [-0.3, -0.25) is 9.59 Å². The molecule has 3 rings (SSSR count). The minimum atomic E-state index is -0.809. The molecule has 0 fully saturated rings. The van der Waals surface area contributed by atoms with Gasteiger partial charge in [0.05, 0.1) is 0 Å². The summed E-state index contributed by atoms with van der Waals surface area (Å²) in [6, 6.07) is 15.6. The van der Waals surface area contributed by atoms with Gasteiger partial charge in [-0.2, -0.15) is 0 Å². The minimum Gasteiger partial charge on any atom is -0.481 e. The summed E-state index contributed by atoms with van der Waals surface area (Å²) in [6.45, 7) is 2.68. The van der Waals surface area contributed by atoms with Crippen LogP contribution in [0.25, 0.3) is 11.1 Å². The Morgan fingerprint density at radius 1 is 0.941 bits per heavy atom. The predicted octanol–water partition coefficient (Wildman–Crippen LogP) is 4.85. The highest BCUT2D eigenvalue weighted by Crippen LogP contribution is 2.44. The number of benzene rings is 2. The van der Waals surface area contributed by atoms with Gasteiger partial charge < -0.3 is 20.5 Å². The minimum absolute atomic E-state index is 0.0353. The molecule has 0 bridgehead atoms. The van der Waals surface area contributed by atoms with Gasteiger partial charge >= 0.3 is 12.1 Å². The van der Waals surface area contributed by atoms with Gasteiger partial charge in [0.15, 0.2) is 0 Å². The van der Waals surface area contributed by atoms with Crippen molar-refractivity contribution in [1.29, 1.82) is 0 Å². The second kappa shape index (κ2) is 12.8. The lowest BCUT2D eigenvalue weighted by Crippen LogP contribution is -2.47. The fourth-order valence-electron chi connectivity index (χ4n) is 4.37. The lowest BCUT2D eigenvalue weighted by Gasteiger charge is -2.19. The van der Waals surface area contributed by atoms with Crippen molar-refractivity contribution in [2.45, 2.75) is 63.8 Å². The maximum absolute atomic E-state index is 12.6. The van der Waals surface area contributed by atoms with Gasteiger partial charge in [0.1, 0.15) is 12.6 Å². The number of aliphatic carboxylic acids is 1. The standard InChI is InChI=1S/C27H34N2O5/c1-2-3-15-24(26(32)28-17-10-4-5-16-25(30)31)29-27(33)34-18-23-21-13-8-6-11-19(21)20-12-7-9-14-22(20)23/h6-9,11-14,23-24H,2-5,10,15-18H2,1H3,(H,28,32)(H,29,33)(H,30,31). The SMILES string of the molecule is CCCCC(NC(=O)OCC1c2ccccc2-c2ccccc21)C(=O)NCCCCCC(=O)O. The molecule has 0 spiro atoms. The lowest BCUT2D eigenvalue weighted by molar-refractivity contribution is -0.137. The summed E-state index contributed by atoms with van der Waals surface area (Å²) < 4.78 is 5.59. The summed E-state index contributed by atoms with van der Waals surface area (Å²) in [4.78, 5) is 35.8. The fourth-order valence-corrected chi connectivity index (χ4v) is 4.37. The molecule has 0 saturated heterocycles. The predicted molar refractivity (Wildman–Crippen MR) is 131 cm³/mol. The molecule has 0 aliphatic heterocycles. The van der Waals surface area contributed by atoms with Gasteiger partial charge in [-0.25, -0.2) is 4.79 Å². The summed E-state index contributed by atoms with van der Waals surface area (Å²) in [6.07, 6.45) is 3.80. The summed E-state index contributed by atoms with van der Waals surface area (Å²) in [5, 5.41) is 14.3. The highest BCUT2D eigenvalue weighted by molar-refractivity contribution is 5.85. The Morgan fingerprint density at radius 2 is 1.59 bits per heavy atom. The lowest BCUT2D eigenvalue weighted by atomic mass is 9.98. The average Bonchev–Trinajstić information content (AvgIpc) is 3.16. The van der Waals surface area contributed by atoms with Gasteiger partial charge in [-0.15, -0.1) is 0 Å². The quantitative estimate of drug-likeness (QED) is 0.366. The van der Waals surface area contributed by atoms with E-state index in [1.165, 1.54) is 0 Å². The van der Waals surface area contributed by atoms with E-state index in [1.807, 2.05) is 31.2 Å². The van der Waals surface area contributed by atoms with Crippen molar-refractivity contribution in [2.24, 2.45) is 0 Å². The van der Waals surface area contributed by atoms with Gasteiger partial charge in [0.2, 0.25) is 5.91 Å². The van der Waals surface area contributed by atoms with E-state index in [1.54, 1.807) is 0 Å². The highest BCUT2D eigenvalue weighted by atomic mass is 16.5. The highest BCUT2D eigenvalue weighted by Gasteiger charge is 2.29. The zero-order valence-electron chi connectivity index (χ0n) is 19.7. The molecule has 7 heteroatoms. The van der Waals surface area contributed by atoms with E-state index in [0.717, 1.165) is 41.5 Å². The molecule has 0 heterocycles. The van der Waals surface area contributed by atoms with E-state index >= 15 is 0 Å². The van der Waals surface area contributed by atoms with Crippen LogP contribution in [0.3, 0.4) is 0 Å². The molecular weight excluding hydrogens is 432 g/mol. The Balaban J connectivity index is 1.52. The van der Waals surface area contributed by atoms with Crippen LogP contribution < -0.4 is 10.6 Å². The molecule has 1 aliphatic carbocycles. The number of rotatable bonds is 13. The van der Waals surface area contributed by atoms with Crippen molar-refractivity contribution in [3.05, 3.63) is 59.7 Å². The molecule has 2 aromatic rings. The van der Waals surface area contributed by atoms with E-state index in [-0.39, 0.29) is 24.9 Å². The number of nitrogens with one attached hydrogen (secondary N) is 2. The van der Waals surface area contributed by atoms with Crippen LogP contribution >= 0.6 is 0 Å². The zero-order valence-corrected chi connectivity index (χ0v) is 19.7. The van der Waals surface area contributed by atoms with Crippen LogP contribution in [-0.4, -0.2) is 42.3 Å². The van der Waals surface area contributed by atoms with Crippen molar-refractivity contribution < 1.29 is 24.2 Å². The Hall–Kier alpha value is -3.35. The zero-order chi connectivity index (χ0) is 24.3. The van der Waals surface area contributed by atoms with Gasteiger partial charge in [0, 0.05) is 18.9 Å². The Labute approximate surface area is 200 Å². The van der Waals surface area contributed by atoms with Crippen molar-refractivity contribution in [2.75, 3.05) is 13.2 Å². The topological polar surface area (TPSA) is 105 Å². The normalized spacial score (nSPS) is 13.0. The molecule has 1 atom stereocenters. The summed E-state index contributed by atoms with van der Waals surface area (Å²) >= 11 is 0. The van der Waals surface area contributed by atoms with Crippen LogP contribution in [0.4, 0.5) is 4.79 Å². The first-order valence-electron chi connectivity index (χ1n) is 12.1. The molecule has 0 aromatic heterocycles. The number of unbranched alkanes of at least 4 members (excludes halogenated alkanes) is 3. The first kappa shape index (κ1) is 25.3. The van der Waals surface area contributed by atoms with Crippen LogP contribution in [0.1, 0.15) is 68.9 Å². The fraction of sp³-hybridized carbons (Fsp3) is 0.444. The van der Waals surface area contributed by atoms with Crippen molar-refractivity contribution in [3.63, 3.8) is 0 Å². The second-order valence-electron chi connectivity index (χ2n) is 8.66. The number of carboxylic acid groups (broad SMARTS) is 1. The summed E-state index contributed by atoms with van der Waals surface area (Å²) in [7, 11) is 0. The number of carbonyl (C=O) groups is 3. The third kappa shape index (κ3) is 6.83. The first-order valence-corrected chi connectivity index (χ1v) is 12.1. The van der Waals surface area contributed by atoms with Crippen LogP contribution in [-0.2, 0) is 14.3 Å². The van der Waals surface area contributed by atoms with Crippen LogP contribution in [0.2, 0.25) is 0 Å². The average molecular weight is 467 g/mol. The molecule has 3 N–H and O–H groups in total. The maximum Gasteiger partial charge on any atom is 0.407 e. The number of fused-ring (bicyclic) bond motifs is 3. The Bertz CT molecular complexity index is 945. The smallest absolute Gasteiger partial charge is 0.407 e. The Kier molecular flexibility index (Phi) is 9.50. The molecule has 7 nitrogen and oxygen atoms in total. The largest absolute Gasteiger partial charge is 0.481 e. The van der Waals surface area contributed by atoms with Crippen molar-refractivity contribution in [3.8, 4) is 11.1 Å². The number of hydrogen-bond donors (Lipinski definition) is 3. The number of amides is 2. The van der Waals surface area contributed by atoms with Crippen LogP contribution in [0.15, 0.2) is 48.5 Å². The van der Waals surface area contributed by atoms with E-state index < -0.39 is 18.1 Å². The molecule has 0 saturated carbocycles. The molecule has 182 valence electrons. The second-order valence-corrected chi connectivity index (χ2v) is 8.66. The number of carbonyl (C=O) groups excluding carboxylic acids is 2. The van der Waals surface area contributed by atoms with E-state index in [9.17, 15) is 14.4 Å². The van der Waals surface area contributed by atoms with E-state index in [2.05, 4.69) is 34.9 Å². The molecule has 2 aromatic carbocycles. The van der Waals surface area contributed by atoms with Crippen molar-refractivity contribution in [1.82, 2.24) is 10.6 Å². The maximum atomic E-state index is 12.6. The molecule has 34 heavy (non-hydrogen) atoms. The molecule has 2 amide bonds. The molecule has 1 aliphatic rings. The molecule has 1 unspecified atom stereocenters. The van der Waals surface area contributed by atoms with Gasteiger partial charge in [-0.1, -0.05) is 74.7 Å². The summed E-state index contributed by atoms with van der Waals surface area (Å²) in [5.41, 5.74) is 4.60. The number of alkyl carbamates (subject to hydrolysis) is 1. The van der Waals surface area contributed by atoms with E-state index in [4.69, 9.17) is 9.84 Å². The summed E-state index contributed by atoms with van der Waals surface area (Å²) in [5.74, 6) is -1.08. The van der Waals surface area contributed by atoms with Crippen LogP contribution in [0, 0.1) is 0 Å². The monoisotopic (exact) mass is 466 g/mol. The molecular formula is C27H34N2O5. The number of ether oxygens (including phenoxy) is 1. The van der Waals surface area contributed by atoms with E-state index in [0.29, 0.717) is 25.8 Å². The van der Waals surface area contributed by atoms with Gasteiger partial charge in [-0.05, 0) is 41.5 Å². The number of hydrogen-bond acceptors (Lipinski definition) is 4. The van der Waals surface area contributed by atoms with Crippen molar-refractivity contribution >= 4 is 18.0 Å². The first-order chi connectivity index (χ1) is 16.5. The third-order valence-corrected chi connectivity index (χ3v) is 6.17. The number of carboxylic acids is 1. The molecule has 0 radical (unpaired) electrons. The van der Waals surface area contributed by atoms with Gasteiger partial charge in [0.25, 0.3) is 0 Å². The Morgan fingerprint density at radius 3 is 2.21 bits per heavy atom. The van der Waals surface area contributed by atoms with Crippen LogP contribution in [0.5, 0.6) is 0 Å². The third-order valence-electron chi connectivity index (χ3n) is 6.17.